The first kappa shape index (κ1) is 29.4. The Morgan fingerprint density at radius 1 is 0.974 bits per heavy atom. The molecule has 9 nitrogen and oxygen atoms in total. The van der Waals surface area contributed by atoms with Crippen LogP contribution < -0.4 is 16.0 Å². The number of hydrogen-bond donors (Lipinski definition) is 2. The molecule has 0 radical (unpaired) electrons. The number of amides is 3. The van der Waals surface area contributed by atoms with Gasteiger partial charge in [0.1, 0.15) is 0 Å². The summed E-state index contributed by atoms with van der Waals surface area (Å²) in [6.07, 6.45) is 1.77. The van der Waals surface area contributed by atoms with Gasteiger partial charge in [-0.2, -0.15) is 0 Å². The molecule has 208 valence electrons. The highest BCUT2D eigenvalue weighted by Crippen LogP contribution is 2.32. The molecular formula is C29H44N6O3. The molecule has 3 rings (SSSR count). The smallest absolute Gasteiger partial charge is 0.320 e. The highest BCUT2D eigenvalue weighted by molar-refractivity contribution is 5.94. The molecular weight excluding hydrogens is 480 g/mol. The number of anilines is 2. The van der Waals surface area contributed by atoms with Gasteiger partial charge < -0.3 is 35.4 Å². The van der Waals surface area contributed by atoms with E-state index in [2.05, 4.69) is 60.5 Å². The van der Waals surface area contributed by atoms with Crippen molar-refractivity contribution in [3.8, 4) is 11.1 Å². The molecule has 3 amide bonds. The lowest BCUT2D eigenvalue weighted by Gasteiger charge is -2.33. The third-order valence-electron chi connectivity index (χ3n) is 6.64. The molecule has 1 fully saturated rings. The molecule has 1 aliphatic heterocycles. The van der Waals surface area contributed by atoms with Gasteiger partial charge in [-0.05, 0) is 74.9 Å². The average Bonchev–Trinajstić information content (AvgIpc) is 2.90. The van der Waals surface area contributed by atoms with E-state index in [0.717, 1.165) is 54.0 Å². The molecule has 2 aromatic rings. The summed E-state index contributed by atoms with van der Waals surface area (Å²) >= 11 is 0. The van der Waals surface area contributed by atoms with Crippen LogP contribution in [0.2, 0.25) is 0 Å². The molecule has 0 bridgehead atoms. The lowest BCUT2D eigenvalue weighted by Crippen LogP contribution is -2.48. The SMILES string of the molecule is CC(=O)Nc1cc(-c2cccc(CN(CCCN)C(=O)N3CCOCC3)c2)ccc1N(C)CCCN(C)C. The van der Waals surface area contributed by atoms with Crippen LogP contribution in [0.5, 0.6) is 0 Å². The van der Waals surface area contributed by atoms with Crippen molar-refractivity contribution in [3.05, 3.63) is 48.0 Å². The molecule has 0 unspecified atom stereocenters. The number of benzene rings is 2. The number of nitrogens with two attached hydrogens (primary N) is 1. The normalized spacial score (nSPS) is 13.5. The number of urea groups is 1. The van der Waals surface area contributed by atoms with Crippen molar-refractivity contribution >= 4 is 23.3 Å². The number of morpholine rings is 1. The standard InChI is InChI=1S/C29H44N6O3/c1-23(36)31-27-21-26(10-11-28(27)33(4)14-7-13-32(2)3)25-9-5-8-24(20-25)22-35(15-6-12-30)29(37)34-16-18-38-19-17-34/h5,8-11,20-21H,6-7,12-19,22,30H2,1-4H3,(H,31,36). The lowest BCUT2D eigenvalue weighted by atomic mass is 10.0. The van der Waals surface area contributed by atoms with Gasteiger partial charge in [0.05, 0.1) is 24.6 Å². The molecule has 1 heterocycles. The fraction of sp³-hybridized carbons (Fsp3) is 0.517. The summed E-state index contributed by atoms with van der Waals surface area (Å²) in [6, 6.07) is 14.5. The molecule has 38 heavy (non-hydrogen) atoms. The topological polar surface area (TPSA) is 94.4 Å². The van der Waals surface area contributed by atoms with Crippen LogP contribution in [0.15, 0.2) is 42.5 Å². The van der Waals surface area contributed by atoms with Crippen molar-refractivity contribution in [3.63, 3.8) is 0 Å². The summed E-state index contributed by atoms with van der Waals surface area (Å²) in [5.41, 5.74) is 10.6. The molecule has 0 aliphatic carbocycles. The molecule has 2 aromatic carbocycles. The fourth-order valence-electron chi connectivity index (χ4n) is 4.63. The van der Waals surface area contributed by atoms with Gasteiger partial charge in [0, 0.05) is 46.7 Å². The maximum Gasteiger partial charge on any atom is 0.320 e. The van der Waals surface area contributed by atoms with E-state index >= 15 is 0 Å². The second-order valence-electron chi connectivity index (χ2n) is 10.1. The number of ether oxygens (including phenoxy) is 1. The summed E-state index contributed by atoms with van der Waals surface area (Å²) in [5, 5.41) is 3.01. The molecule has 1 saturated heterocycles. The van der Waals surface area contributed by atoms with Gasteiger partial charge in [0.25, 0.3) is 0 Å². The number of carbonyl (C=O) groups excluding carboxylic acids is 2. The minimum absolute atomic E-state index is 0.0294. The van der Waals surface area contributed by atoms with E-state index in [0.29, 0.717) is 45.9 Å². The lowest BCUT2D eigenvalue weighted by molar-refractivity contribution is -0.114. The molecule has 0 aromatic heterocycles. The zero-order valence-electron chi connectivity index (χ0n) is 23.4. The minimum Gasteiger partial charge on any atom is -0.378 e. The van der Waals surface area contributed by atoms with Gasteiger partial charge in [-0.25, -0.2) is 4.79 Å². The van der Waals surface area contributed by atoms with Crippen molar-refractivity contribution in [2.45, 2.75) is 26.3 Å². The minimum atomic E-state index is -0.101. The zero-order valence-corrected chi connectivity index (χ0v) is 23.4. The van der Waals surface area contributed by atoms with Crippen molar-refractivity contribution in [1.29, 1.82) is 0 Å². The van der Waals surface area contributed by atoms with Crippen molar-refractivity contribution < 1.29 is 14.3 Å². The highest BCUT2D eigenvalue weighted by atomic mass is 16.5. The van der Waals surface area contributed by atoms with E-state index in [1.807, 2.05) is 28.0 Å². The Kier molecular flexibility index (Phi) is 11.4. The number of nitrogens with one attached hydrogen (secondary N) is 1. The third kappa shape index (κ3) is 8.72. The van der Waals surface area contributed by atoms with Crippen LogP contribution in [-0.4, -0.2) is 100 Å². The summed E-state index contributed by atoms with van der Waals surface area (Å²) in [4.78, 5) is 33.3. The van der Waals surface area contributed by atoms with Crippen LogP contribution in [0, 0.1) is 0 Å². The van der Waals surface area contributed by atoms with Gasteiger partial charge in [-0.15, -0.1) is 0 Å². The van der Waals surface area contributed by atoms with Gasteiger partial charge in [0.15, 0.2) is 0 Å². The van der Waals surface area contributed by atoms with Gasteiger partial charge in [-0.1, -0.05) is 24.3 Å². The average molecular weight is 525 g/mol. The van der Waals surface area contributed by atoms with Crippen molar-refractivity contribution in [2.75, 3.05) is 83.8 Å². The first-order valence-electron chi connectivity index (χ1n) is 13.5. The number of rotatable bonds is 12. The Morgan fingerprint density at radius 3 is 2.39 bits per heavy atom. The summed E-state index contributed by atoms with van der Waals surface area (Å²) in [7, 11) is 6.20. The molecule has 1 aliphatic rings. The van der Waals surface area contributed by atoms with Crippen LogP contribution in [0.3, 0.4) is 0 Å². The van der Waals surface area contributed by atoms with Gasteiger partial charge in [0.2, 0.25) is 5.91 Å². The van der Waals surface area contributed by atoms with E-state index in [-0.39, 0.29) is 11.9 Å². The third-order valence-corrected chi connectivity index (χ3v) is 6.64. The molecule has 0 spiro atoms. The van der Waals surface area contributed by atoms with Crippen LogP contribution in [0.1, 0.15) is 25.3 Å². The molecule has 0 saturated carbocycles. The second kappa shape index (κ2) is 14.7. The molecule has 0 atom stereocenters. The Balaban J connectivity index is 1.81. The highest BCUT2D eigenvalue weighted by Gasteiger charge is 2.23. The maximum atomic E-state index is 13.2. The van der Waals surface area contributed by atoms with Gasteiger partial charge in [-0.3, -0.25) is 4.79 Å². The van der Waals surface area contributed by atoms with E-state index in [1.54, 1.807) is 0 Å². The van der Waals surface area contributed by atoms with Crippen LogP contribution in [0.25, 0.3) is 11.1 Å². The van der Waals surface area contributed by atoms with E-state index in [4.69, 9.17) is 10.5 Å². The Bertz CT molecular complexity index is 1050. The second-order valence-corrected chi connectivity index (χ2v) is 10.1. The van der Waals surface area contributed by atoms with E-state index < -0.39 is 0 Å². The summed E-state index contributed by atoms with van der Waals surface area (Å²) in [6.45, 7) is 7.44. The zero-order chi connectivity index (χ0) is 27.5. The van der Waals surface area contributed by atoms with Crippen molar-refractivity contribution in [1.82, 2.24) is 14.7 Å². The van der Waals surface area contributed by atoms with Crippen LogP contribution >= 0.6 is 0 Å². The predicted octanol–water partition coefficient (Wildman–Crippen LogP) is 3.30. The number of carbonyl (C=O) groups is 2. The number of hydrogen-bond acceptors (Lipinski definition) is 6. The van der Waals surface area contributed by atoms with E-state index in [9.17, 15) is 9.59 Å². The Labute approximate surface area is 227 Å². The first-order valence-corrected chi connectivity index (χ1v) is 13.5. The quantitative estimate of drug-likeness (QED) is 0.443. The van der Waals surface area contributed by atoms with Crippen LogP contribution in [0.4, 0.5) is 16.2 Å². The summed E-state index contributed by atoms with van der Waals surface area (Å²) < 4.78 is 5.42. The number of nitrogens with zero attached hydrogens (tertiary/aromatic N) is 4. The van der Waals surface area contributed by atoms with E-state index in [1.165, 1.54) is 6.92 Å². The van der Waals surface area contributed by atoms with Gasteiger partial charge >= 0.3 is 6.03 Å². The predicted molar refractivity (Wildman–Crippen MR) is 154 cm³/mol. The largest absolute Gasteiger partial charge is 0.378 e. The van der Waals surface area contributed by atoms with Crippen molar-refractivity contribution in [2.24, 2.45) is 5.73 Å². The monoisotopic (exact) mass is 524 g/mol. The molecule has 9 heteroatoms. The van der Waals surface area contributed by atoms with Crippen LogP contribution in [-0.2, 0) is 16.1 Å². The molecule has 3 N–H and O–H groups in total. The maximum absolute atomic E-state index is 13.2. The Morgan fingerprint density at radius 2 is 1.71 bits per heavy atom. The fourth-order valence-corrected chi connectivity index (χ4v) is 4.63. The summed E-state index contributed by atoms with van der Waals surface area (Å²) in [5.74, 6) is -0.101. The first-order chi connectivity index (χ1) is 18.3. The Hall–Kier alpha value is -3.14.